The molecular weight excluding hydrogens is 212 g/mol. The summed E-state index contributed by atoms with van der Waals surface area (Å²) >= 11 is 0. The molecule has 0 heterocycles. The molecule has 1 aromatic rings. The summed E-state index contributed by atoms with van der Waals surface area (Å²) in [5.74, 6) is 0.100. The molecule has 0 spiro atoms. The molecule has 0 bridgehead atoms. The number of hydrogen-bond donors (Lipinski definition) is 0. The molecule has 1 aromatic carbocycles. The van der Waals surface area contributed by atoms with E-state index in [2.05, 4.69) is 19.1 Å². The molecule has 0 radical (unpaired) electrons. The van der Waals surface area contributed by atoms with Crippen molar-refractivity contribution in [2.24, 2.45) is 0 Å². The smallest absolute Gasteiger partial charge is 0.222 e. The van der Waals surface area contributed by atoms with Crippen LogP contribution in [0.2, 0.25) is 0 Å². The quantitative estimate of drug-likeness (QED) is 0.779. The van der Waals surface area contributed by atoms with Gasteiger partial charge in [0.1, 0.15) is 0 Å². The summed E-state index contributed by atoms with van der Waals surface area (Å²) in [5.41, 5.74) is 2.44. The second-order valence-electron chi connectivity index (χ2n) is 4.15. The molecule has 1 rings (SSSR count). The largest absolute Gasteiger partial charge is 0.345 e. The highest BCUT2D eigenvalue weighted by Crippen LogP contribution is 2.10. The fourth-order valence-corrected chi connectivity index (χ4v) is 1.67. The first kappa shape index (κ1) is 13.2. The lowest BCUT2D eigenvalue weighted by atomic mass is 10.0. The number of hydrogen-bond acceptors (Lipinski definition) is 2. The standard InChI is InChI=1S/C14H18N2O/c1-12-6-3-4-7-13(12)8-9-14(17)16(2)11-5-10-15/h3-4,6-7H,5,8-9,11H2,1-2H3. The minimum absolute atomic E-state index is 0.100. The topological polar surface area (TPSA) is 44.1 Å². The molecule has 0 aliphatic carbocycles. The van der Waals surface area contributed by atoms with E-state index in [1.54, 1.807) is 11.9 Å². The molecule has 0 atom stereocenters. The molecule has 0 saturated carbocycles. The summed E-state index contributed by atoms with van der Waals surface area (Å²) < 4.78 is 0. The molecule has 0 N–H and O–H groups in total. The molecule has 3 nitrogen and oxygen atoms in total. The maximum Gasteiger partial charge on any atom is 0.222 e. The summed E-state index contributed by atoms with van der Waals surface area (Å²) in [7, 11) is 1.75. The monoisotopic (exact) mass is 230 g/mol. The molecule has 0 saturated heterocycles. The molecule has 0 fully saturated rings. The third kappa shape index (κ3) is 4.28. The van der Waals surface area contributed by atoms with Gasteiger partial charge in [-0.3, -0.25) is 4.79 Å². The second kappa shape index (κ2) is 6.70. The predicted octanol–water partition coefficient (Wildman–Crippen LogP) is 2.30. The van der Waals surface area contributed by atoms with E-state index >= 15 is 0 Å². The van der Waals surface area contributed by atoms with Crippen LogP contribution in [0.3, 0.4) is 0 Å². The van der Waals surface area contributed by atoms with E-state index in [-0.39, 0.29) is 5.91 Å². The minimum Gasteiger partial charge on any atom is -0.345 e. The van der Waals surface area contributed by atoms with Gasteiger partial charge in [0, 0.05) is 20.0 Å². The first-order valence-electron chi connectivity index (χ1n) is 5.80. The van der Waals surface area contributed by atoms with Crippen LogP contribution in [0, 0.1) is 18.3 Å². The summed E-state index contributed by atoms with van der Waals surface area (Å²) in [5, 5.41) is 8.45. The van der Waals surface area contributed by atoms with Gasteiger partial charge in [-0.25, -0.2) is 0 Å². The molecule has 3 heteroatoms. The van der Waals surface area contributed by atoms with E-state index in [0.29, 0.717) is 19.4 Å². The van der Waals surface area contributed by atoms with E-state index < -0.39 is 0 Å². The van der Waals surface area contributed by atoms with E-state index in [0.717, 1.165) is 6.42 Å². The van der Waals surface area contributed by atoms with Crippen molar-refractivity contribution in [3.8, 4) is 6.07 Å². The Kier molecular flexibility index (Phi) is 5.22. The predicted molar refractivity (Wildman–Crippen MR) is 67.4 cm³/mol. The Morgan fingerprint density at radius 1 is 1.41 bits per heavy atom. The van der Waals surface area contributed by atoms with E-state index in [1.807, 2.05) is 18.2 Å². The van der Waals surface area contributed by atoms with Gasteiger partial charge in [0.2, 0.25) is 5.91 Å². The van der Waals surface area contributed by atoms with Gasteiger partial charge in [-0.15, -0.1) is 0 Å². The maximum absolute atomic E-state index is 11.8. The molecular formula is C14H18N2O. The fourth-order valence-electron chi connectivity index (χ4n) is 1.67. The Bertz CT molecular complexity index is 420. The average Bonchev–Trinajstić information content (AvgIpc) is 2.34. The lowest BCUT2D eigenvalue weighted by Gasteiger charge is -2.15. The van der Waals surface area contributed by atoms with Crippen LogP contribution < -0.4 is 0 Å². The summed E-state index contributed by atoms with van der Waals surface area (Å²) in [4.78, 5) is 13.4. The Hall–Kier alpha value is -1.82. The first-order valence-corrected chi connectivity index (χ1v) is 5.80. The molecule has 0 unspecified atom stereocenters. The van der Waals surface area contributed by atoms with Crippen molar-refractivity contribution in [2.45, 2.75) is 26.2 Å². The number of rotatable bonds is 5. The summed E-state index contributed by atoms with van der Waals surface area (Å²) in [6, 6.07) is 10.1. The minimum atomic E-state index is 0.100. The van der Waals surface area contributed by atoms with Crippen molar-refractivity contribution < 1.29 is 4.79 Å². The van der Waals surface area contributed by atoms with Crippen molar-refractivity contribution in [3.63, 3.8) is 0 Å². The number of nitriles is 1. The number of amides is 1. The first-order chi connectivity index (χ1) is 8.15. The van der Waals surface area contributed by atoms with E-state index in [9.17, 15) is 4.79 Å². The Labute approximate surface area is 103 Å². The van der Waals surface area contributed by atoms with Crippen LogP contribution >= 0.6 is 0 Å². The maximum atomic E-state index is 11.8. The van der Waals surface area contributed by atoms with Crippen molar-refractivity contribution in [1.29, 1.82) is 5.26 Å². The lowest BCUT2D eigenvalue weighted by Crippen LogP contribution is -2.27. The van der Waals surface area contributed by atoms with Gasteiger partial charge in [-0.05, 0) is 24.5 Å². The Balaban J connectivity index is 2.43. The van der Waals surface area contributed by atoms with Crippen LogP contribution in [0.5, 0.6) is 0 Å². The van der Waals surface area contributed by atoms with Crippen LogP contribution in [0.4, 0.5) is 0 Å². The SMILES string of the molecule is Cc1ccccc1CCC(=O)N(C)CCC#N. The zero-order valence-corrected chi connectivity index (χ0v) is 10.4. The molecule has 1 amide bonds. The third-order valence-corrected chi connectivity index (χ3v) is 2.85. The molecule has 90 valence electrons. The second-order valence-corrected chi connectivity index (χ2v) is 4.15. The number of benzene rings is 1. The highest BCUT2D eigenvalue weighted by molar-refractivity contribution is 5.76. The fraction of sp³-hybridized carbons (Fsp3) is 0.429. The van der Waals surface area contributed by atoms with Gasteiger partial charge in [-0.1, -0.05) is 24.3 Å². The number of carbonyl (C=O) groups excluding carboxylic acids is 1. The van der Waals surface area contributed by atoms with Gasteiger partial charge in [0.05, 0.1) is 12.5 Å². The van der Waals surface area contributed by atoms with Crippen molar-refractivity contribution in [3.05, 3.63) is 35.4 Å². The van der Waals surface area contributed by atoms with Crippen LogP contribution in [-0.4, -0.2) is 24.4 Å². The summed E-state index contributed by atoms with van der Waals surface area (Å²) in [6.45, 7) is 2.57. The third-order valence-electron chi connectivity index (χ3n) is 2.85. The highest BCUT2D eigenvalue weighted by atomic mass is 16.2. The van der Waals surface area contributed by atoms with Crippen molar-refractivity contribution >= 4 is 5.91 Å². The van der Waals surface area contributed by atoms with E-state index in [4.69, 9.17) is 5.26 Å². The van der Waals surface area contributed by atoms with Crippen molar-refractivity contribution in [2.75, 3.05) is 13.6 Å². The van der Waals surface area contributed by atoms with Crippen LogP contribution in [0.15, 0.2) is 24.3 Å². The number of nitrogens with zero attached hydrogens (tertiary/aromatic N) is 2. The zero-order chi connectivity index (χ0) is 12.7. The van der Waals surface area contributed by atoms with Crippen molar-refractivity contribution in [1.82, 2.24) is 4.90 Å². The molecule has 17 heavy (non-hydrogen) atoms. The lowest BCUT2D eigenvalue weighted by molar-refractivity contribution is -0.129. The molecule has 0 aliphatic heterocycles. The summed E-state index contributed by atoms with van der Waals surface area (Å²) in [6.07, 6.45) is 1.67. The van der Waals surface area contributed by atoms with Gasteiger partial charge in [0.25, 0.3) is 0 Å². The average molecular weight is 230 g/mol. The Morgan fingerprint density at radius 3 is 2.76 bits per heavy atom. The highest BCUT2D eigenvalue weighted by Gasteiger charge is 2.08. The normalized spacial score (nSPS) is 9.71. The number of carbonyl (C=O) groups is 1. The Morgan fingerprint density at radius 2 is 2.12 bits per heavy atom. The van der Waals surface area contributed by atoms with Gasteiger partial charge >= 0.3 is 0 Å². The molecule has 0 aliphatic rings. The van der Waals surface area contributed by atoms with Crippen LogP contribution in [0.25, 0.3) is 0 Å². The van der Waals surface area contributed by atoms with Crippen LogP contribution in [0.1, 0.15) is 24.0 Å². The van der Waals surface area contributed by atoms with Gasteiger partial charge in [0.15, 0.2) is 0 Å². The molecule has 0 aromatic heterocycles. The zero-order valence-electron chi connectivity index (χ0n) is 10.4. The van der Waals surface area contributed by atoms with Crippen LogP contribution in [-0.2, 0) is 11.2 Å². The number of aryl methyl sites for hydroxylation is 2. The van der Waals surface area contributed by atoms with E-state index in [1.165, 1.54) is 11.1 Å². The van der Waals surface area contributed by atoms with Gasteiger partial charge < -0.3 is 4.90 Å². The van der Waals surface area contributed by atoms with Gasteiger partial charge in [-0.2, -0.15) is 5.26 Å².